The van der Waals surface area contributed by atoms with Crippen LogP contribution in [0.25, 0.3) is 0 Å². The van der Waals surface area contributed by atoms with Gasteiger partial charge in [-0.25, -0.2) is 4.39 Å². The molecule has 1 heterocycles. The Morgan fingerprint density at radius 1 is 1.50 bits per heavy atom. The lowest BCUT2D eigenvalue weighted by Gasteiger charge is -2.26. The molecule has 0 radical (unpaired) electrons. The molecule has 2 rings (SSSR count). The predicted octanol–water partition coefficient (Wildman–Crippen LogP) is 3.66. The first-order valence-electron chi connectivity index (χ1n) is 4.95. The number of amides is 1. The van der Waals surface area contributed by atoms with Gasteiger partial charge in [-0.1, -0.05) is 13.8 Å². The summed E-state index contributed by atoms with van der Waals surface area (Å²) in [4.78, 5) is 12.5. The average Bonchev–Trinajstić information content (AvgIpc) is 2.19. The van der Waals surface area contributed by atoms with Gasteiger partial charge in [-0.3, -0.25) is 4.79 Å². The van der Waals surface area contributed by atoms with Crippen LogP contribution in [0, 0.1) is 11.7 Å². The Morgan fingerprint density at radius 3 is 2.81 bits per heavy atom. The first kappa shape index (κ1) is 11.9. The molecule has 0 aromatic heterocycles. The number of fused-ring (bicyclic) bond motifs is 1. The molecule has 0 fully saturated rings. The van der Waals surface area contributed by atoms with E-state index in [1.54, 1.807) is 6.07 Å². The van der Waals surface area contributed by atoms with E-state index in [-0.39, 0.29) is 22.9 Å². The summed E-state index contributed by atoms with van der Waals surface area (Å²) in [5.41, 5.74) is 0.681. The SMILES string of the molecule is CC(C)C1Sc2cc(F)c(Br)cc2NC1=O. The van der Waals surface area contributed by atoms with E-state index in [4.69, 9.17) is 0 Å². The van der Waals surface area contributed by atoms with Crippen molar-refractivity contribution in [2.75, 3.05) is 5.32 Å². The number of rotatable bonds is 1. The molecule has 1 aromatic rings. The quantitative estimate of drug-likeness (QED) is 0.858. The molecular formula is C11H11BrFNOS. The predicted molar refractivity (Wildman–Crippen MR) is 67.2 cm³/mol. The van der Waals surface area contributed by atoms with Crippen LogP contribution in [-0.2, 0) is 4.79 Å². The van der Waals surface area contributed by atoms with Crippen LogP contribution < -0.4 is 5.32 Å². The summed E-state index contributed by atoms with van der Waals surface area (Å²) >= 11 is 4.53. The molecular weight excluding hydrogens is 293 g/mol. The van der Waals surface area contributed by atoms with Crippen LogP contribution in [0.4, 0.5) is 10.1 Å². The number of hydrogen-bond donors (Lipinski definition) is 1. The zero-order valence-corrected chi connectivity index (χ0v) is 11.3. The highest BCUT2D eigenvalue weighted by Crippen LogP contribution is 2.40. The molecule has 1 aromatic carbocycles. The van der Waals surface area contributed by atoms with Gasteiger partial charge in [-0.05, 0) is 34.0 Å². The molecule has 1 N–H and O–H groups in total. The monoisotopic (exact) mass is 303 g/mol. The molecule has 1 atom stereocenters. The number of nitrogens with one attached hydrogen (secondary N) is 1. The normalized spacial score (nSPS) is 19.6. The maximum atomic E-state index is 13.4. The molecule has 1 aliphatic heterocycles. The third-order valence-electron chi connectivity index (χ3n) is 2.40. The Balaban J connectivity index is 2.39. The van der Waals surface area contributed by atoms with E-state index in [9.17, 15) is 9.18 Å². The van der Waals surface area contributed by atoms with E-state index in [1.807, 2.05) is 13.8 Å². The van der Waals surface area contributed by atoms with Gasteiger partial charge in [0.25, 0.3) is 0 Å². The van der Waals surface area contributed by atoms with Crippen LogP contribution in [0.5, 0.6) is 0 Å². The second-order valence-corrected chi connectivity index (χ2v) is 6.07. The van der Waals surface area contributed by atoms with Gasteiger partial charge in [-0.15, -0.1) is 11.8 Å². The van der Waals surface area contributed by atoms with Crippen LogP contribution in [0.2, 0.25) is 0 Å². The van der Waals surface area contributed by atoms with Crippen LogP contribution in [0.3, 0.4) is 0 Å². The topological polar surface area (TPSA) is 29.1 Å². The first-order chi connectivity index (χ1) is 7.49. The van der Waals surface area contributed by atoms with Crippen molar-refractivity contribution in [2.45, 2.75) is 24.0 Å². The van der Waals surface area contributed by atoms with Crippen molar-refractivity contribution < 1.29 is 9.18 Å². The summed E-state index contributed by atoms with van der Waals surface area (Å²) in [6.45, 7) is 3.97. The molecule has 0 saturated carbocycles. The van der Waals surface area contributed by atoms with E-state index in [0.717, 1.165) is 4.90 Å². The van der Waals surface area contributed by atoms with Gasteiger partial charge in [-0.2, -0.15) is 0 Å². The lowest BCUT2D eigenvalue weighted by atomic mass is 10.1. The number of thioether (sulfide) groups is 1. The highest BCUT2D eigenvalue weighted by atomic mass is 79.9. The second kappa shape index (κ2) is 4.37. The Hall–Kier alpha value is -0.550. The third-order valence-corrected chi connectivity index (χ3v) is 4.61. The Kier molecular flexibility index (Phi) is 3.26. The zero-order chi connectivity index (χ0) is 11.9. The summed E-state index contributed by atoms with van der Waals surface area (Å²) in [5.74, 6) is -0.0826. The third kappa shape index (κ3) is 2.11. The minimum atomic E-state index is -0.301. The van der Waals surface area contributed by atoms with E-state index in [0.29, 0.717) is 10.2 Å². The molecule has 1 amide bonds. The molecule has 1 aliphatic rings. The number of carbonyl (C=O) groups is 1. The van der Waals surface area contributed by atoms with E-state index in [2.05, 4.69) is 21.2 Å². The van der Waals surface area contributed by atoms with Gasteiger partial charge < -0.3 is 5.32 Å². The van der Waals surface area contributed by atoms with Gasteiger partial charge in [0.1, 0.15) is 5.82 Å². The smallest absolute Gasteiger partial charge is 0.238 e. The lowest BCUT2D eigenvalue weighted by molar-refractivity contribution is -0.116. The number of anilines is 1. The van der Waals surface area contributed by atoms with Crippen molar-refractivity contribution in [1.82, 2.24) is 0 Å². The highest BCUT2D eigenvalue weighted by Gasteiger charge is 2.30. The first-order valence-corrected chi connectivity index (χ1v) is 6.63. The summed E-state index contributed by atoms with van der Waals surface area (Å²) in [5, 5.41) is 2.66. The van der Waals surface area contributed by atoms with Crippen molar-refractivity contribution in [3.8, 4) is 0 Å². The van der Waals surface area contributed by atoms with Crippen LogP contribution >= 0.6 is 27.7 Å². The van der Waals surface area contributed by atoms with Crippen molar-refractivity contribution in [3.05, 3.63) is 22.4 Å². The lowest BCUT2D eigenvalue weighted by Crippen LogP contribution is -2.32. The van der Waals surface area contributed by atoms with Crippen LogP contribution in [-0.4, -0.2) is 11.2 Å². The summed E-state index contributed by atoms with van der Waals surface area (Å²) < 4.78 is 13.7. The fourth-order valence-corrected chi connectivity index (χ4v) is 3.02. The molecule has 0 bridgehead atoms. The summed E-state index contributed by atoms with van der Waals surface area (Å²) in [6, 6.07) is 3.06. The molecule has 16 heavy (non-hydrogen) atoms. The van der Waals surface area contributed by atoms with E-state index in [1.165, 1.54) is 17.8 Å². The molecule has 0 spiro atoms. The fourth-order valence-electron chi connectivity index (χ4n) is 1.56. The largest absolute Gasteiger partial charge is 0.324 e. The highest BCUT2D eigenvalue weighted by molar-refractivity contribution is 9.10. The standard InChI is InChI=1S/C11H11BrFNOS/c1-5(2)10-11(15)14-8-3-6(12)7(13)4-9(8)16-10/h3-5,10H,1-2H3,(H,14,15). The average molecular weight is 304 g/mol. The number of benzene rings is 1. The minimum Gasteiger partial charge on any atom is -0.324 e. The number of carbonyl (C=O) groups excluding carboxylic acids is 1. The molecule has 1 unspecified atom stereocenters. The van der Waals surface area contributed by atoms with Crippen molar-refractivity contribution in [2.24, 2.45) is 5.92 Å². The van der Waals surface area contributed by atoms with E-state index < -0.39 is 0 Å². The number of hydrogen-bond acceptors (Lipinski definition) is 2. The molecule has 0 saturated heterocycles. The van der Waals surface area contributed by atoms with Crippen LogP contribution in [0.1, 0.15) is 13.8 Å². The molecule has 0 aliphatic carbocycles. The maximum Gasteiger partial charge on any atom is 0.238 e. The van der Waals surface area contributed by atoms with Gasteiger partial charge in [0.05, 0.1) is 15.4 Å². The van der Waals surface area contributed by atoms with E-state index >= 15 is 0 Å². The zero-order valence-electron chi connectivity index (χ0n) is 8.88. The molecule has 2 nitrogen and oxygen atoms in total. The van der Waals surface area contributed by atoms with Crippen LogP contribution in [0.15, 0.2) is 21.5 Å². The van der Waals surface area contributed by atoms with Gasteiger partial charge >= 0.3 is 0 Å². The Morgan fingerprint density at radius 2 is 2.19 bits per heavy atom. The maximum absolute atomic E-state index is 13.4. The summed E-state index contributed by atoms with van der Waals surface area (Å²) in [7, 11) is 0. The fraction of sp³-hybridized carbons (Fsp3) is 0.364. The second-order valence-electron chi connectivity index (χ2n) is 4.03. The van der Waals surface area contributed by atoms with Crippen molar-refractivity contribution in [3.63, 3.8) is 0 Å². The number of halogens is 2. The minimum absolute atomic E-state index is 0.00833. The van der Waals surface area contributed by atoms with Crippen molar-refractivity contribution in [1.29, 1.82) is 0 Å². The molecule has 86 valence electrons. The van der Waals surface area contributed by atoms with Gasteiger partial charge in [0.2, 0.25) is 5.91 Å². The molecule has 5 heteroatoms. The van der Waals surface area contributed by atoms with Crippen molar-refractivity contribution >= 4 is 39.3 Å². The van der Waals surface area contributed by atoms with Gasteiger partial charge in [0, 0.05) is 4.90 Å². The Bertz CT molecular complexity index is 450. The summed E-state index contributed by atoms with van der Waals surface area (Å²) in [6.07, 6.45) is 0. The Labute approximate surface area is 106 Å². The van der Waals surface area contributed by atoms with Gasteiger partial charge in [0.15, 0.2) is 0 Å².